The van der Waals surface area contributed by atoms with Gasteiger partial charge in [0.1, 0.15) is 11.3 Å². The van der Waals surface area contributed by atoms with Crippen molar-refractivity contribution in [3.63, 3.8) is 0 Å². The molecule has 0 radical (unpaired) electrons. The van der Waals surface area contributed by atoms with Crippen LogP contribution in [0.1, 0.15) is 44.0 Å². The first-order valence-electron chi connectivity index (χ1n) is 13.7. The van der Waals surface area contributed by atoms with Crippen LogP contribution in [0.2, 0.25) is 0 Å². The van der Waals surface area contributed by atoms with Gasteiger partial charge in [0, 0.05) is 57.9 Å². The van der Waals surface area contributed by atoms with Crippen molar-refractivity contribution < 1.29 is 17.9 Å². The molecule has 9 nitrogen and oxygen atoms in total. The van der Waals surface area contributed by atoms with Crippen LogP contribution < -0.4 is 15.0 Å². The number of thiazole rings is 1. The molecule has 0 spiro atoms. The fourth-order valence-corrected chi connectivity index (χ4v) is 7.14. The molecule has 1 aliphatic heterocycles. The highest BCUT2D eigenvalue weighted by Crippen LogP contribution is 2.34. The maximum atomic E-state index is 12.9. The summed E-state index contributed by atoms with van der Waals surface area (Å²) in [6, 6.07) is 12.3. The number of halogens is 1. The van der Waals surface area contributed by atoms with Crippen LogP contribution in [0.3, 0.4) is 0 Å². The van der Waals surface area contributed by atoms with E-state index in [1.165, 1.54) is 16.4 Å². The highest BCUT2D eigenvalue weighted by atomic mass is 35.5. The molecule has 220 valence electrons. The number of hydrogen-bond donors (Lipinski definition) is 1. The molecule has 2 aromatic carbocycles. The van der Waals surface area contributed by atoms with Crippen molar-refractivity contribution in [2.24, 2.45) is 0 Å². The number of piperazine rings is 1. The van der Waals surface area contributed by atoms with Crippen LogP contribution >= 0.6 is 23.7 Å². The van der Waals surface area contributed by atoms with Crippen LogP contribution in [0, 0.1) is 0 Å². The molecule has 1 aliphatic rings. The number of nitrogens with one attached hydrogen (secondary N) is 1. The molecule has 3 aromatic rings. The molecular weight excluding hydrogens is 570 g/mol. The Morgan fingerprint density at radius 2 is 1.80 bits per heavy atom. The van der Waals surface area contributed by atoms with E-state index < -0.39 is 10.0 Å². The zero-order chi connectivity index (χ0) is 27.8. The van der Waals surface area contributed by atoms with E-state index in [1.54, 1.807) is 23.5 Å². The molecule has 2 heterocycles. The van der Waals surface area contributed by atoms with Crippen LogP contribution in [-0.4, -0.2) is 87.5 Å². The minimum absolute atomic E-state index is 0. The smallest absolute Gasteiger partial charge is 0.251 e. The lowest BCUT2D eigenvalue weighted by Gasteiger charge is -2.34. The number of anilines is 1. The Morgan fingerprint density at radius 3 is 2.45 bits per heavy atom. The largest absolute Gasteiger partial charge is 0.492 e. The van der Waals surface area contributed by atoms with Gasteiger partial charge in [0.05, 0.1) is 16.2 Å². The van der Waals surface area contributed by atoms with Crippen molar-refractivity contribution in [3.05, 3.63) is 48.0 Å². The molecule has 40 heavy (non-hydrogen) atoms. The van der Waals surface area contributed by atoms with Crippen molar-refractivity contribution >= 4 is 55.0 Å². The van der Waals surface area contributed by atoms with Gasteiger partial charge in [-0.15, -0.1) is 12.4 Å². The van der Waals surface area contributed by atoms with Gasteiger partial charge < -0.3 is 15.0 Å². The van der Waals surface area contributed by atoms with Gasteiger partial charge >= 0.3 is 0 Å². The molecule has 0 saturated carbocycles. The lowest BCUT2D eigenvalue weighted by molar-refractivity contribution is 0.0947. The summed E-state index contributed by atoms with van der Waals surface area (Å²) in [5, 5.41) is 3.98. The molecule has 0 aliphatic carbocycles. The summed E-state index contributed by atoms with van der Waals surface area (Å²) in [7, 11) is -3.55. The number of ether oxygens (including phenoxy) is 1. The molecule has 0 atom stereocenters. The average molecular weight is 610 g/mol. The molecule has 0 unspecified atom stereocenters. The standard InChI is InChI=1S/C28H39N5O4S2.ClH/c1-4-7-16-33(5-2)39(35,36)23-13-11-22(12-14-23)27(34)29-15-17-31-18-20-32(21-19-31)28-30-26-24(37-6-3)9-8-10-25(26)38-28;/h8-14H,4-7,15-21H2,1-3H3,(H,29,34);1H. The number of amides is 1. The van der Waals surface area contributed by atoms with Gasteiger partial charge in [-0.1, -0.05) is 37.7 Å². The Morgan fingerprint density at radius 1 is 1.07 bits per heavy atom. The quantitative estimate of drug-likeness (QED) is 0.305. The van der Waals surface area contributed by atoms with Crippen LogP contribution in [0.4, 0.5) is 5.13 Å². The molecular formula is C28H40ClN5O4S2. The second kappa shape index (κ2) is 15.0. The van der Waals surface area contributed by atoms with Crippen LogP contribution in [-0.2, 0) is 10.0 Å². The SMILES string of the molecule is CCCCN(CC)S(=O)(=O)c1ccc(C(=O)NCCN2CCN(c3nc4c(OCC)cccc4s3)CC2)cc1.Cl. The molecule has 1 N–H and O–H groups in total. The first-order valence-corrected chi connectivity index (χ1v) is 16.0. The van der Waals surface area contributed by atoms with E-state index in [9.17, 15) is 13.2 Å². The van der Waals surface area contributed by atoms with Gasteiger partial charge in [-0.25, -0.2) is 13.4 Å². The zero-order valence-corrected chi connectivity index (χ0v) is 25.9. The zero-order valence-electron chi connectivity index (χ0n) is 23.5. The first-order chi connectivity index (χ1) is 18.9. The maximum absolute atomic E-state index is 12.9. The maximum Gasteiger partial charge on any atom is 0.251 e. The highest BCUT2D eigenvalue weighted by molar-refractivity contribution is 7.89. The second-order valence-corrected chi connectivity index (χ2v) is 12.4. The van der Waals surface area contributed by atoms with E-state index >= 15 is 0 Å². The fraction of sp³-hybridized carbons (Fsp3) is 0.500. The first kappa shape index (κ1) is 32.1. The van der Waals surface area contributed by atoms with Gasteiger partial charge in [0.2, 0.25) is 10.0 Å². The molecule has 1 amide bonds. The van der Waals surface area contributed by atoms with E-state index in [0.29, 0.717) is 31.8 Å². The average Bonchev–Trinajstić information content (AvgIpc) is 3.39. The summed E-state index contributed by atoms with van der Waals surface area (Å²) in [5.74, 6) is 0.633. The molecule has 1 fully saturated rings. The topological polar surface area (TPSA) is 95.1 Å². The van der Waals surface area contributed by atoms with E-state index in [0.717, 1.165) is 66.7 Å². The summed E-state index contributed by atoms with van der Waals surface area (Å²) in [6.07, 6.45) is 1.75. The number of benzene rings is 2. The predicted octanol–water partition coefficient (Wildman–Crippen LogP) is 4.48. The number of carbonyl (C=O) groups is 1. The molecule has 4 rings (SSSR count). The van der Waals surface area contributed by atoms with Gasteiger partial charge in [-0.05, 0) is 49.7 Å². The number of aromatic nitrogens is 1. The Labute approximate surface area is 248 Å². The Hall–Kier alpha value is -2.44. The summed E-state index contributed by atoms with van der Waals surface area (Å²) in [5.41, 5.74) is 1.38. The third-order valence-corrected chi connectivity index (χ3v) is 9.96. The predicted molar refractivity (Wildman–Crippen MR) is 165 cm³/mol. The fourth-order valence-electron chi connectivity index (χ4n) is 4.62. The highest BCUT2D eigenvalue weighted by Gasteiger charge is 2.23. The number of para-hydroxylation sites is 1. The lowest BCUT2D eigenvalue weighted by Crippen LogP contribution is -2.48. The number of sulfonamides is 1. The molecule has 12 heteroatoms. The van der Waals surface area contributed by atoms with Gasteiger partial charge in [-0.2, -0.15) is 4.31 Å². The van der Waals surface area contributed by atoms with Gasteiger partial charge in [-0.3, -0.25) is 9.69 Å². The van der Waals surface area contributed by atoms with Gasteiger partial charge in [0.15, 0.2) is 5.13 Å². The van der Waals surface area contributed by atoms with Crippen molar-refractivity contribution in [3.8, 4) is 5.75 Å². The van der Waals surface area contributed by atoms with E-state index in [-0.39, 0.29) is 23.2 Å². The minimum atomic E-state index is -3.55. The van der Waals surface area contributed by atoms with E-state index in [1.807, 2.05) is 32.9 Å². The normalized spacial score (nSPS) is 14.3. The number of rotatable bonds is 13. The second-order valence-electron chi connectivity index (χ2n) is 9.49. The third kappa shape index (κ3) is 7.64. The minimum Gasteiger partial charge on any atom is -0.492 e. The number of unbranched alkanes of at least 4 members (excludes halogenated alkanes) is 1. The third-order valence-electron chi connectivity index (χ3n) is 6.89. The summed E-state index contributed by atoms with van der Waals surface area (Å²) in [4.78, 5) is 22.4. The van der Waals surface area contributed by atoms with Crippen LogP contribution in [0.25, 0.3) is 10.2 Å². The molecule has 1 aromatic heterocycles. The van der Waals surface area contributed by atoms with Gasteiger partial charge in [0.25, 0.3) is 5.91 Å². The monoisotopic (exact) mass is 609 g/mol. The number of carbonyl (C=O) groups excluding carboxylic acids is 1. The lowest BCUT2D eigenvalue weighted by atomic mass is 10.2. The Kier molecular flexibility index (Phi) is 12.0. The van der Waals surface area contributed by atoms with E-state index in [4.69, 9.17) is 9.72 Å². The number of fused-ring (bicyclic) bond motifs is 1. The van der Waals surface area contributed by atoms with Crippen LogP contribution in [0.15, 0.2) is 47.4 Å². The number of hydrogen-bond acceptors (Lipinski definition) is 8. The Balaban J connectivity index is 0.00000441. The number of nitrogens with zero attached hydrogens (tertiary/aromatic N) is 4. The molecule has 1 saturated heterocycles. The van der Waals surface area contributed by atoms with Crippen molar-refractivity contribution in [1.82, 2.24) is 19.5 Å². The summed E-state index contributed by atoms with van der Waals surface area (Å²) >= 11 is 1.69. The summed E-state index contributed by atoms with van der Waals surface area (Å²) < 4.78 is 34.2. The van der Waals surface area contributed by atoms with Crippen molar-refractivity contribution in [1.29, 1.82) is 0 Å². The summed E-state index contributed by atoms with van der Waals surface area (Å²) in [6.45, 7) is 12.2. The van der Waals surface area contributed by atoms with E-state index in [2.05, 4.69) is 21.2 Å². The van der Waals surface area contributed by atoms with Crippen molar-refractivity contribution in [2.75, 3.05) is 63.9 Å². The van der Waals surface area contributed by atoms with Crippen molar-refractivity contribution in [2.45, 2.75) is 38.5 Å². The van der Waals surface area contributed by atoms with Crippen LogP contribution in [0.5, 0.6) is 5.75 Å². The Bertz CT molecular complexity index is 1340. The molecule has 0 bridgehead atoms.